The molecule has 3 saturated heterocycles. The van der Waals surface area contributed by atoms with Crippen LogP contribution in [0.5, 0.6) is 5.75 Å². The number of phenolic OH excluding ortho intramolecular Hbond substituents is 1. The van der Waals surface area contributed by atoms with Crippen molar-refractivity contribution >= 4 is 5.91 Å². The number of likely N-dealkylation sites (tertiary alicyclic amines) is 1. The molecule has 1 aliphatic carbocycles. The van der Waals surface area contributed by atoms with Crippen LogP contribution in [-0.4, -0.2) is 70.6 Å². The quantitative estimate of drug-likeness (QED) is 0.579. The average Bonchev–Trinajstić information content (AvgIpc) is 3.16. The van der Waals surface area contributed by atoms with E-state index in [9.17, 15) is 9.90 Å². The van der Waals surface area contributed by atoms with Crippen molar-refractivity contribution in [2.75, 3.05) is 32.7 Å². The molecule has 4 unspecified atom stereocenters. The summed E-state index contributed by atoms with van der Waals surface area (Å²) in [5.41, 5.74) is 5.51. The molecule has 1 amide bonds. The van der Waals surface area contributed by atoms with Gasteiger partial charge in [-0.15, -0.1) is 6.58 Å². The summed E-state index contributed by atoms with van der Waals surface area (Å²) in [5, 5.41) is 12.4. The molecule has 3 aliphatic heterocycles. The van der Waals surface area contributed by atoms with Crippen LogP contribution in [0.2, 0.25) is 0 Å². The van der Waals surface area contributed by atoms with E-state index in [4.69, 9.17) is 0 Å². The Morgan fingerprint density at radius 1 is 1.14 bits per heavy atom. The molecule has 3 heterocycles. The van der Waals surface area contributed by atoms with Crippen LogP contribution in [-0.2, 0) is 4.79 Å². The second-order valence-electron chi connectivity index (χ2n) is 10.6. The van der Waals surface area contributed by atoms with Gasteiger partial charge in [-0.1, -0.05) is 42.9 Å². The van der Waals surface area contributed by atoms with Gasteiger partial charge in [-0.05, 0) is 61.8 Å². The van der Waals surface area contributed by atoms with Crippen LogP contribution < -0.4 is 5.43 Å². The summed E-state index contributed by atoms with van der Waals surface area (Å²) in [5.74, 6) is 0.277. The first kappa shape index (κ1) is 24.3. The molecule has 0 saturated carbocycles. The molecule has 0 radical (unpaired) electrons. The van der Waals surface area contributed by atoms with Crippen LogP contribution in [0.1, 0.15) is 56.6 Å². The minimum Gasteiger partial charge on any atom is -0.508 e. The highest BCUT2D eigenvalue weighted by molar-refractivity contribution is 5.80. The molecule has 1 aromatic carbocycles. The van der Waals surface area contributed by atoms with Crippen LogP contribution in [0.3, 0.4) is 0 Å². The lowest BCUT2D eigenvalue weighted by Gasteiger charge is -2.38. The number of nitrogens with zero attached hydrogens (tertiary/aromatic N) is 3. The standard InChI is InChI=1S/C29H40N4O2/c1-2-16-31-19-15-25-13-14-26(21-31)33(25)28(24-7-6-8-27(34)20-24)22-9-11-23(12-10-22)29(35)30-32-17-4-3-5-18-32/h2,6-11,20,23,25-26,28,34H,1,3-5,12-19,21H2,(H,30,35). The predicted molar refractivity (Wildman–Crippen MR) is 140 cm³/mol. The van der Waals surface area contributed by atoms with E-state index in [-0.39, 0.29) is 17.9 Å². The van der Waals surface area contributed by atoms with Gasteiger partial charge in [0.25, 0.3) is 0 Å². The first-order valence-corrected chi connectivity index (χ1v) is 13.5. The van der Waals surface area contributed by atoms with E-state index < -0.39 is 0 Å². The maximum Gasteiger partial charge on any atom is 0.241 e. The predicted octanol–water partition coefficient (Wildman–Crippen LogP) is 4.18. The van der Waals surface area contributed by atoms with E-state index in [0.29, 0.717) is 24.3 Å². The van der Waals surface area contributed by atoms with Crippen LogP contribution in [0.15, 0.2) is 60.7 Å². The molecule has 188 valence electrons. The van der Waals surface area contributed by atoms with Gasteiger partial charge in [-0.2, -0.15) is 0 Å². The Hall–Kier alpha value is -2.41. The van der Waals surface area contributed by atoms with Gasteiger partial charge in [0.2, 0.25) is 5.91 Å². The van der Waals surface area contributed by atoms with E-state index in [0.717, 1.165) is 57.5 Å². The first-order valence-electron chi connectivity index (χ1n) is 13.5. The van der Waals surface area contributed by atoms with E-state index >= 15 is 0 Å². The number of hydrazine groups is 1. The lowest BCUT2D eigenvalue weighted by Crippen LogP contribution is -2.47. The monoisotopic (exact) mass is 476 g/mol. The zero-order valence-electron chi connectivity index (χ0n) is 20.8. The fourth-order valence-electron chi connectivity index (χ4n) is 6.46. The van der Waals surface area contributed by atoms with Gasteiger partial charge in [0.15, 0.2) is 0 Å². The molecule has 5 rings (SSSR count). The Balaban J connectivity index is 1.36. The second-order valence-corrected chi connectivity index (χ2v) is 10.6. The molecule has 2 bridgehead atoms. The largest absolute Gasteiger partial charge is 0.508 e. The van der Waals surface area contributed by atoms with Gasteiger partial charge in [-0.25, -0.2) is 5.01 Å². The van der Waals surface area contributed by atoms with E-state index in [1.165, 1.54) is 24.8 Å². The van der Waals surface area contributed by atoms with Crippen LogP contribution >= 0.6 is 0 Å². The second kappa shape index (κ2) is 11.1. The molecule has 3 fully saturated rings. The number of carbonyl (C=O) groups is 1. The van der Waals surface area contributed by atoms with Crippen LogP contribution in [0.4, 0.5) is 0 Å². The highest BCUT2D eigenvalue weighted by Gasteiger charge is 2.42. The number of hydrogen-bond donors (Lipinski definition) is 2. The van der Waals surface area contributed by atoms with Crippen molar-refractivity contribution in [1.29, 1.82) is 0 Å². The third kappa shape index (κ3) is 5.55. The molecule has 0 aromatic heterocycles. The van der Waals surface area contributed by atoms with Crippen molar-refractivity contribution < 1.29 is 9.90 Å². The minimum atomic E-state index is -0.130. The fraction of sp³-hybridized carbons (Fsp3) is 0.552. The van der Waals surface area contributed by atoms with Gasteiger partial charge in [-0.3, -0.25) is 20.0 Å². The van der Waals surface area contributed by atoms with Crippen molar-refractivity contribution in [1.82, 2.24) is 20.2 Å². The van der Waals surface area contributed by atoms with E-state index in [1.54, 1.807) is 6.07 Å². The van der Waals surface area contributed by atoms with Gasteiger partial charge in [0.05, 0.1) is 12.0 Å². The maximum absolute atomic E-state index is 12.9. The number of amides is 1. The van der Waals surface area contributed by atoms with Crippen LogP contribution in [0, 0.1) is 5.92 Å². The lowest BCUT2D eigenvalue weighted by atomic mass is 9.88. The zero-order chi connectivity index (χ0) is 24.2. The summed E-state index contributed by atoms with van der Waals surface area (Å²) in [7, 11) is 0. The third-order valence-electron chi connectivity index (χ3n) is 8.20. The van der Waals surface area contributed by atoms with E-state index in [2.05, 4.69) is 51.1 Å². The number of hydrogen-bond acceptors (Lipinski definition) is 5. The van der Waals surface area contributed by atoms with Gasteiger partial charge >= 0.3 is 0 Å². The Labute approximate surface area is 209 Å². The Kier molecular flexibility index (Phi) is 7.71. The van der Waals surface area contributed by atoms with Crippen molar-refractivity contribution in [3.8, 4) is 5.75 Å². The van der Waals surface area contributed by atoms with Crippen molar-refractivity contribution in [3.63, 3.8) is 0 Å². The zero-order valence-corrected chi connectivity index (χ0v) is 20.8. The molecule has 2 N–H and O–H groups in total. The number of carbonyl (C=O) groups excluding carboxylic acids is 1. The summed E-state index contributed by atoms with van der Waals surface area (Å²) < 4.78 is 0. The fourth-order valence-corrected chi connectivity index (χ4v) is 6.46. The molecular formula is C29H40N4O2. The number of allylic oxidation sites excluding steroid dienone is 1. The number of nitrogens with one attached hydrogen (secondary N) is 1. The number of aromatic hydroxyl groups is 1. The molecule has 4 aliphatic rings. The van der Waals surface area contributed by atoms with Gasteiger partial charge in [0.1, 0.15) is 5.75 Å². The third-order valence-corrected chi connectivity index (χ3v) is 8.20. The Bertz CT molecular complexity index is 967. The Morgan fingerprint density at radius 3 is 2.71 bits per heavy atom. The summed E-state index contributed by atoms with van der Waals surface area (Å²) in [4.78, 5) is 18.2. The average molecular weight is 477 g/mol. The summed E-state index contributed by atoms with van der Waals surface area (Å²) >= 11 is 0. The first-order chi connectivity index (χ1) is 17.1. The molecule has 1 aromatic rings. The molecule has 4 atom stereocenters. The molecular weight excluding hydrogens is 436 g/mol. The number of rotatable bonds is 7. The minimum absolute atomic E-state index is 0.0886. The van der Waals surface area contributed by atoms with Crippen LogP contribution in [0.25, 0.3) is 0 Å². The highest BCUT2D eigenvalue weighted by Crippen LogP contribution is 2.43. The molecule has 6 nitrogen and oxygen atoms in total. The number of phenols is 1. The molecule has 35 heavy (non-hydrogen) atoms. The normalized spacial score (nSPS) is 28.8. The number of piperidine rings is 1. The van der Waals surface area contributed by atoms with Gasteiger partial charge in [0, 0.05) is 44.8 Å². The molecule has 0 spiro atoms. The topological polar surface area (TPSA) is 59.0 Å². The van der Waals surface area contributed by atoms with Crippen molar-refractivity contribution in [2.45, 2.75) is 63.1 Å². The summed E-state index contributed by atoms with van der Waals surface area (Å²) in [6.45, 7) is 8.94. The maximum atomic E-state index is 12.9. The SMILES string of the molecule is C=CCN1CCC2CCC(C1)N2C(C1=CCC(C(=O)NN2CCCCC2)C=C1)c1cccc(O)c1. The Morgan fingerprint density at radius 2 is 1.97 bits per heavy atom. The molecule has 6 heteroatoms. The van der Waals surface area contributed by atoms with E-state index in [1.807, 2.05) is 18.2 Å². The van der Waals surface area contributed by atoms with Gasteiger partial charge < -0.3 is 5.11 Å². The van der Waals surface area contributed by atoms with Crippen molar-refractivity contribution in [2.24, 2.45) is 5.92 Å². The highest BCUT2D eigenvalue weighted by atomic mass is 16.3. The summed E-state index contributed by atoms with van der Waals surface area (Å²) in [6, 6.07) is 8.84. The lowest BCUT2D eigenvalue weighted by molar-refractivity contribution is -0.128. The smallest absolute Gasteiger partial charge is 0.241 e. The van der Waals surface area contributed by atoms with Crippen molar-refractivity contribution in [3.05, 3.63) is 66.3 Å². The number of benzene rings is 1. The number of fused-ring (bicyclic) bond motifs is 2. The summed E-state index contributed by atoms with van der Waals surface area (Å²) in [6.07, 6.45) is 16.4.